The first-order valence-electron chi connectivity index (χ1n) is 15.5. The normalized spacial score (nSPS) is 21.4. The van der Waals surface area contributed by atoms with E-state index in [-0.39, 0.29) is 95.2 Å². The van der Waals surface area contributed by atoms with Gasteiger partial charge in [0.2, 0.25) is 11.6 Å². The lowest BCUT2D eigenvalue weighted by Gasteiger charge is -2.35. The second kappa shape index (κ2) is 12.1. The van der Waals surface area contributed by atoms with E-state index in [1.165, 1.54) is 4.90 Å². The quantitative estimate of drug-likeness (QED) is 0.135. The Kier molecular flexibility index (Phi) is 8.10. The van der Waals surface area contributed by atoms with Crippen molar-refractivity contribution < 1.29 is 35.9 Å². The predicted molar refractivity (Wildman–Crippen MR) is 173 cm³/mol. The number of thiophene rings is 1. The fraction of sp³-hybridized carbons (Fsp3) is 0.394. The van der Waals surface area contributed by atoms with Crippen molar-refractivity contribution >= 4 is 54.7 Å². The number of fused-ring (bicyclic) bond motifs is 3. The van der Waals surface area contributed by atoms with Gasteiger partial charge in [0.15, 0.2) is 5.82 Å². The first-order chi connectivity index (χ1) is 23.3. The first kappa shape index (κ1) is 32.9. The highest BCUT2D eigenvalue weighted by atomic mass is 32.1. The number of piperazine rings is 1. The average molecular weight is 702 g/mol. The summed E-state index contributed by atoms with van der Waals surface area (Å²) >= 11 is 0.683. The number of rotatable bonds is 6. The van der Waals surface area contributed by atoms with E-state index in [1.54, 1.807) is 4.90 Å². The number of anilines is 2. The summed E-state index contributed by atoms with van der Waals surface area (Å²) in [7, 11) is 0. The Hall–Kier alpha value is -4.62. The number of hydrogen-bond donors (Lipinski definition) is 1. The summed E-state index contributed by atoms with van der Waals surface area (Å²) in [5.74, 6) is -2.55. The number of alkyl halides is 4. The third-order valence-electron chi connectivity index (χ3n) is 9.67. The van der Waals surface area contributed by atoms with Gasteiger partial charge in [0.1, 0.15) is 29.9 Å². The Morgan fingerprint density at radius 3 is 2.65 bits per heavy atom. The predicted octanol–water partition coefficient (Wildman–Crippen LogP) is 6.73. The van der Waals surface area contributed by atoms with Gasteiger partial charge < -0.3 is 20.3 Å². The van der Waals surface area contributed by atoms with Gasteiger partial charge in [-0.15, -0.1) is 11.3 Å². The number of nitrogens with two attached hydrogens (primary N) is 1. The van der Waals surface area contributed by atoms with Crippen LogP contribution in [0.1, 0.15) is 24.8 Å². The monoisotopic (exact) mass is 701 g/mol. The molecule has 0 aliphatic carbocycles. The summed E-state index contributed by atoms with van der Waals surface area (Å²) in [6.07, 6.45) is -3.27. The van der Waals surface area contributed by atoms with E-state index in [2.05, 4.69) is 21.4 Å². The summed E-state index contributed by atoms with van der Waals surface area (Å²) < 4.78 is 96.9. The lowest BCUT2D eigenvalue weighted by atomic mass is 9.93. The fourth-order valence-electron chi connectivity index (χ4n) is 7.39. The van der Waals surface area contributed by atoms with Gasteiger partial charge in [-0.1, -0.05) is 12.6 Å². The number of carbonyl (C=O) groups excluding carboxylic acids is 1. The van der Waals surface area contributed by atoms with Crippen molar-refractivity contribution in [3.8, 4) is 17.1 Å². The molecule has 256 valence electrons. The van der Waals surface area contributed by atoms with E-state index in [9.17, 15) is 26.7 Å². The molecule has 2 N–H and O–H groups in total. The molecule has 9 nitrogen and oxygen atoms in total. The molecule has 2 aromatic heterocycles. The zero-order chi connectivity index (χ0) is 34.8. The van der Waals surface area contributed by atoms with Crippen molar-refractivity contribution in [3.05, 3.63) is 59.5 Å². The van der Waals surface area contributed by atoms with Crippen LogP contribution in [0.25, 0.3) is 37.0 Å². The van der Waals surface area contributed by atoms with Crippen LogP contribution in [0.2, 0.25) is 0 Å². The topological polar surface area (TPSA) is 92.2 Å². The molecular weight excluding hydrogens is 672 g/mol. The Balaban J connectivity index is 1.43. The molecule has 2 aromatic carbocycles. The van der Waals surface area contributed by atoms with Gasteiger partial charge in [-0.3, -0.25) is 9.69 Å². The van der Waals surface area contributed by atoms with E-state index >= 15 is 4.39 Å². The maximum atomic E-state index is 17.0. The fourth-order valence-corrected chi connectivity index (χ4v) is 8.33. The molecule has 3 aliphatic rings. The van der Waals surface area contributed by atoms with Crippen molar-refractivity contribution in [2.45, 2.75) is 37.1 Å². The summed E-state index contributed by atoms with van der Waals surface area (Å²) in [5.41, 5.74) is 1.86. The second-order valence-electron chi connectivity index (χ2n) is 12.4. The van der Waals surface area contributed by atoms with Gasteiger partial charge in [-0.25, -0.2) is 18.0 Å². The molecule has 7 rings (SSSR count). The molecule has 0 bridgehead atoms. The molecule has 0 saturated carbocycles. The van der Waals surface area contributed by atoms with Gasteiger partial charge in [0.05, 0.1) is 27.4 Å². The SMILES string of the molecule is [C-]#[N+]c1c(N)sc2c(F)ccc(-c3c(C(F)(F)F)cc4c(N5CCN(C(=O)C=C)CC5)nc(OCC56CCCN5CC(F)C6)nc4c3F)c12. The van der Waals surface area contributed by atoms with Crippen LogP contribution in [0.5, 0.6) is 6.01 Å². The Morgan fingerprint density at radius 1 is 1.20 bits per heavy atom. The van der Waals surface area contributed by atoms with Gasteiger partial charge in [-0.2, -0.15) is 23.1 Å². The molecule has 3 saturated heterocycles. The van der Waals surface area contributed by atoms with Crippen LogP contribution < -0.4 is 15.4 Å². The van der Waals surface area contributed by atoms with E-state index < -0.39 is 46.2 Å². The van der Waals surface area contributed by atoms with E-state index in [0.29, 0.717) is 24.3 Å². The number of halogens is 6. The number of ether oxygens (including phenoxy) is 1. The minimum atomic E-state index is -5.11. The summed E-state index contributed by atoms with van der Waals surface area (Å²) in [5, 5.41) is -0.621. The molecular formula is C33H29F6N7O2S. The second-order valence-corrected chi connectivity index (χ2v) is 13.5. The van der Waals surface area contributed by atoms with Crippen LogP contribution in [0, 0.1) is 18.2 Å². The molecule has 0 radical (unpaired) electrons. The molecule has 2 unspecified atom stereocenters. The highest BCUT2D eigenvalue weighted by molar-refractivity contribution is 7.23. The van der Waals surface area contributed by atoms with E-state index in [1.807, 2.05) is 4.90 Å². The summed E-state index contributed by atoms with van der Waals surface area (Å²) in [6, 6.07) is 2.33. The van der Waals surface area contributed by atoms with Gasteiger partial charge in [0, 0.05) is 55.5 Å². The largest absolute Gasteiger partial charge is 0.461 e. The molecule has 16 heteroatoms. The van der Waals surface area contributed by atoms with Crippen molar-refractivity contribution in [1.82, 2.24) is 19.8 Å². The minimum Gasteiger partial charge on any atom is -0.461 e. The number of hydrogen-bond acceptors (Lipinski definition) is 8. The lowest BCUT2D eigenvalue weighted by molar-refractivity contribution is -0.137. The number of nitrogens with zero attached hydrogens (tertiary/aromatic N) is 6. The van der Waals surface area contributed by atoms with Crippen molar-refractivity contribution in [2.75, 3.05) is 56.5 Å². The van der Waals surface area contributed by atoms with Crippen LogP contribution in [-0.2, 0) is 11.0 Å². The maximum absolute atomic E-state index is 17.0. The standard InChI is InChI=1S/C33H29F6N7O2S/c1-3-22(47)44-9-11-45(12-10-44)30-19-13-20(33(37,38)39)23(18-5-6-21(35)28-24(18)27(41-2)29(40)49-28)25(36)26(19)42-31(43-30)48-16-32-7-4-8-46(32)15-17(34)14-32/h3,5-6,13,17H,1,4,7-12,14-16,40H2. The Bertz CT molecular complexity index is 2060. The molecule has 2 atom stereocenters. The zero-order valence-electron chi connectivity index (χ0n) is 25.9. The highest BCUT2D eigenvalue weighted by Crippen LogP contribution is 2.50. The zero-order valence-corrected chi connectivity index (χ0v) is 26.7. The number of carbonyl (C=O) groups is 1. The molecule has 3 aliphatic heterocycles. The van der Waals surface area contributed by atoms with E-state index in [0.717, 1.165) is 30.7 Å². The smallest absolute Gasteiger partial charge is 0.417 e. The van der Waals surface area contributed by atoms with Gasteiger partial charge in [0.25, 0.3) is 0 Å². The minimum absolute atomic E-state index is 0.0176. The van der Waals surface area contributed by atoms with Crippen molar-refractivity contribution in [3.63, 3.8) is 0 Å². The summed E-state index contributed by atoms with van der Waals surface area (Å²) in [6.45, 7) is 12.7. The number of amides is 1. The third-order valence-corrected chi connectivity index (χ3v) is 10.7. The van der Waals surface area contributed by atoms with Gasteiger partial charge in [-0.05, 0) is 43.2 Å². The number of benzene rings is 2. The average Bonchev–Trinajstić information content (AvgIpc) is 3.72. The lowest BCUT2D eigenvalue weighted by Crippen LogP contribution is -2.48. The molecule has 1 amide bonds. The number of nitrogen functional groups attached to an aromatic ring is 1. The Morgan fingerprint density at radius 2 is 1.96 bits per heavy atom. The van der Waals surface area contributed by atoms with Crippen LogP contribution in [0.15, 0.2) is 30.9 Å². The molecule has 49 heavy (non-hydrogen) atoms. The molecule has 4 aromatic rings. The highest BCUT2D eigenvalue weighted by Gasteiger charge is 2.49. The van der Waals surface area contributed by atoms with Gasteiger partial charge >= 0.3 is 12.2 Å². The third kappa shape index (κ3) is 5.48. The maximum Gasteiger partial charge on any atom is 0.417 e. The summed E-state index contributed by atoms with van der Waals surface area (Å²) in [4.78, 5) is 29.5. The van der Waals surface area contributed by atoms with Crippen molar-refractivity contribution in [1.29, 1.82) is 0 Å². The first-order valence-corrected chi connectivity index (χ1v) is 16.3. The molecule has 0 spiro atoms. The Labute approximate surface area is 280 Å². The van der Waals surface area contributed by atoms with Crippen LogP contribution in [0.4, 0.5) is 42.8 Å². The molecule has 5 heterocycles. The van der Waals surface area contributed by atoms with E-state index in [4.69, 9.17) is 17.0 Å². The number of aromatic nitrogens is 2. The molecule has 3 fully saturated rings. The van der Waals surface area contributed by atoms with Crippen molar-refractivity contribution in [2.24, 2.45) is 0 Å². The van der Waals surface area contributed by atoms with Crippen LogP contribution in [0.3, 0.4) is 0 Å². The van der Waals surface area contributed by atoms with Crippen LogP contribution in [-0.4, -0.2) is 83.3 Å². The van der Waals surface area contributed by atoms with Crippen LogP contribution >= 0.6 is 11.3 Å².